The summed E-state index contributed by atoms with van der Waals surface area (Å²) in [6.45, 7) is 7.91. The number of aliphatic hydroxyl groups excluding tert-OH is 1. The number of benzene rings is 1. The summed E-state index contributed by atoms with van der Waals surface area (Å²) >= 11 is 6.14. The van der Waals surface area contributed by atoms with Crippen molar-refractivity contribution in [2.75, 3.05) is 18.0 Å². The topological polar surface area (TPSA) is 23.5 Å². The van der Waals surface area contributed by atoms with Gasteiger partial charge in [0.15, 0.2) is 0 Å². The van der Waals surface area contributed by atoms with Crippen LogP contribution in [0.5, 0.6) is 0 Å². The van der Waals surface area contributed by atoms with E-state index >= 15 is 0 Å². The zero-order valence-corrected chi connectivity index (χ0v) is 11.5. The van der Waals surface area contributed by atoms with Crippen LogP contribution >= 0.6 is 11.6 Å². The highest BCUT2D eigenvalue weighted by Gasteiger charge is 2.34. The Bertz CT molecular complexity index is 417. The largest absolute Gasteiger partial charge is 0.391 e. The first-order valence-corrected chi connectivity index (χ1v) is 6.47. The molecule has 1 unspecified atom stereocenters. The molecule has 1 saturated heterocycles. The van der Waals surface area contributed by atoms with Crippen LogP contribution < -0.4 is 4.90 Å². The van der Waals surface area contributed by atoms with Crippen LogP contribution in [0.15, 0.2) is 18.2 Å². The molecule has 0 radical (unpaired) electrons. The van der Waals surface area contributed by atoms with Crippen LogP contribution in [0.25, 0.3) is 0 Å². The van der Waals surface area contributed by atoms with Crippen molar-refractivity contribution < 1.29 is 5.11 Å². The molecule has 1 N–H and O–H groups in total. The lowest BCUT2D eigenvalue weighted by molar-refractivity contribution is 0.0351. The fourth-order valence-corrected chi connectivity index (χ4v) is 2.32. The molecule has 0 bridgehead atoms. The number of nitrogens with zero attached hydrogens (tertiary/aromatic N) is 1. The second-order valence-electron chi connectivity index (χ2n) is 5.63. The lowest BCUT2D eigenvalue weighted by Gasteiger charge is -2.42. The van der Waals surface area contributed by atoms with Gasteiger partial charge < -0.3 is 10.0 Å². The number of hydrogen-bond donors (Lipinski definition) is 1. The molecular weight excluding hydrogens is 234 g/mol. The Labute approximate surface area is 108 Å². The van der Waals surface area contributed by atoms with Gasteiger partial charge in [0.2, 0.25) is 0 Å². The smallest absolute Gasteiger partial charge is 0.0766 e. The third-order valence-corrected chi connectivity index (χ3v) is 4.25. The molecule has 0 aromatic heterocycles. The van der Waals surface area contributed by atoms with Gasteiger partial charge in [-0.1, -0.05) is 31.5 Å². The van der Waals surface area contributed by atoms with Crippen LogP contribution in [0.1, 0.15) is 25.8 Å². The number of aliphatic hydroxyl groups is 1. The molecule has 3 heteroatoms. The molecule has 94 valence electrons. The molecule has 17 heavy (non-hydrogen) atoms. The van der Waals surface area contributed by atoms with Gasteiger partial charge in [0.25, 0.3) is 0 Å². The molecule has 1 heterocycles. The van der Waals surface area contributed by atoms with Crippen molar-refractivity contribution in [1.82, 2.24) is 0 Å². The Balaban J connectivity index is 2.17. The molecule has 1 aliphatic rings. The second kappa shape index (κ2) is 4.51. The van der Waals surface area contributed by atoms with E-state index in [9.17, 15) is 5.11 Å². The minimum absolute atomic E-state index is 0.0188. The van der Waals surface area contributed by atoms with Gasteiger partial charge in [-0.3, -0.25) is 0 Å². The van der Waals surface area contributed by atoms with Crippen molar-refractivity contribution in [3.05, 3.63) is 28.8 Å². The Morgan fingerprint density at radius 3 is 2.71 bits per heavy atom. The fraction of sp³-hybridized carbons (Fsp3) is 0.571. The molecular formula is C14H20ClNO. The van der Waals surface area contributed by atoms with Crippen molar-refractivity contribution in [3.63, 3.8) is 0 Å². The van der Waals surface area contributed by atoms with Crippen LogP contribution in [0.3, 0.4) is 0 Å². The molecule has 0 amide bonds. The molecule has 2 nitrogen and oxygen atoms in total. The second-order valence-corrected chi connectivity index (χ2v) is 6.04. The summed E-state index contributed by atoms with van der Waals surface area (Å²) in [5, 5.41) is 10.9. The average Bonchev–Trinajstić information content (AvgIpc) is 2.26. The van der Waals surface area contributed by atoms with Crippen molar-refractivity contribution in [3.8, 4) is 0 Å². The molecule has 0 spiro atoms. The molecule has 1 aromatic rings. The third-order valence-electron chi connectivity index (χ3n) is 3.84. The SMILES string of the molecule is Cc1ccc(N2CCC(C)(C)C(O)C2)cc1Cl. The lowest BCUT2D eigenvalue weighted by atomic mass is 9.80. The lowest BCUT2D eigenvalue weighted by Crippen LogP contribution is -2.48. The predicted molar refractivity (Wildman–Crippen MR) is 72.8 cm³/mol. The van der Waals surface area contributed by atoms with E-state index in [1.807, 2.05) is 19.1 Å². The van der Waals surface area contributed by atoms with E-state index in [4.69, 9.17) is 11.6 Å². The molecule has 0 saturated carbocycles. The number of piperidine rings is 1. The first kappa shape index (κ1) is 12.7. The molecule has 1 fully saturated rings. The monoisotopic (exact) mass is 253 g/mol. The quantitative estimate of drug-likeness (QED) is 0.831. The minimum atomic E-state index is -0.281. The van der Waals surface area contributed by atoms with Crippen LogP contribution in [-0.2, 0) is 0 Å². The van der Waals surface area contributed by atoms with Crippen molar-refractivity contribution >= 4 is 17.3 Å². The Hall–Kier alpha value is -0.730. The maximum absolute atomic E-state index is 10.1. The highest BCUT2D eigenvalue weighted by atomic mass is 35.5. The van der Waals surface area contributed by atoms with Gasteiger partial charge in [0.1, 0.15) is 0 Å². The van der Waals surface area contributed by atoms with Gasteiger partial charge in [-0.15, -0.1) is 0 Å². The Morgan fingerprint density at radius 1 is 1.41 bits per heavy atom. The van der Waals surface area contributed by atoms with Crippen molar-refractivity contribution in [2.45, 2.75) is 33.3 Å². The first-order chi connectivity index (χ1) is 7.90. The average molecular weight is 254 g/mol. The summed E-state index contributed by atoms with van der Waals surface area (Å²) in [4.78, 5) is 2.21. The molecule has 1 aliphatic heterocycles. The fourth-order valence-electron chi connectivity index (χ4n) is 2.15. The van der Waals surface area contributed by atoms with E-state index < -0.39 is 0 Å². The Morgan fingerprint density at radius 2 is 2.12 bits per heavy atom. The maximum Gasteiger partial charge on any atom is 0.0766 e. The summed E-state index contributed by atoms with van der Waals surface area (Å²) in [7, 11) is 0. The normalized spacial score (nSPS) is 23.8. The number of anilines is 1. The summed E-state index contributed by atoms with van der Waals surface area (Å²) in [5.74, 6) is 0. The molecule has 2 rings (SSSR count). The van der Waals surface area contributed by atoms with E-state index in [1.165, 1.54) is 0 Å². The Kier molecular flexibility index (Phi) is 3.37. The van der Waals surface area contributed by atoms with E-state index in [1.54, 1.807) is 0 Å². The van der Waals surface area contributed by atoms with E-state index in [0.29, 0.717) is 6.54 Å². The van der Waals surface area contributed by atoms with Crippen LogP contribution in [0, 0.1) is 12.3 Å². The minimum Gasteiger partial charge on any atom is -0.391 e. The highest BCUT2D eigenvalue weighted by molar-refractivity contribution is 6.31. The summed E-state index contributed by atoms with van der Waals surface area (Å²) in [6, 6.07) is 6.10. The molecule has 1 aromatic carbocycles. The number of β-amino-alcohol motifs (C(OH)–C–C–N with tert-alkyl or cyclic N) is 1. The van der Waals surface area contributed by atoms with Crippen LogP contribution in [0.2, 0.25) is 5.02 Å². The van der Waals surface area contributed by atoms with Gasteiger partial charge in [-0.25, -0.2) is 0 Å². The summed E-state index contributed by atoms with van der Waals surface area (Å²) in [6.07, 6.45) is 0.718. The first-order valence-electron chi connectivity index (χ1n) is 6.09. The number of rotatable bonds is 1. The maximum atomic E-state index is 10.1. The van der Waals surface area contributed by atoms with Crippen molar-refractivity contribution in [1.29, 1.82) is 0 Å². The van der Waals surface area contributed by atoms with Crippen LogP contribution in [-0.4, -0.2) is 24.3 Å². The van der Waals surface area contributed by atoms with Gasteiger partial charge in [0.05, 0.1) is 6.10 Å². The van der Waals surface area contributed by atoms with Gasteiger partial charge in [0, 0.05) is 23.8 Å². The van der Waals surface area contributed by atoms with Gasteiger partial charge >= 0.3 is 0 Å². The predicted octanol–water partition coefficient (Wildman–Crippen LogP) is 3.25. The zero-order chi connectivity index (χ0) is 12.6. The van der Waals surface area contributed by atoms with Gasteiger partial charge in [-0.05, 0) is 36.5 Å². The number of aryl methyl sites for hydroxylation is 1. The van der Waals surface area contributed by atoms with E-state index in [0.717, 1.165) is 29.2 Å². The van der Waals surface area contributed by atoms with Crippen LogP contribution in [0.4, 0.5) is 5.69 Å². The highest BCUT2D eigenvalue weighted by Crippen LogP contribution is 2.33. The molecule has 0 aliphatic carbocycles. The summed E-state index contributed by atoms with van der Waals surface area (Å²) in [5.41, 5.74) is 2.22. The third kappa shape index (κ3) is 2.58. The van der Waals surface area contributed by atoms with E-state index in [-0.39, 0.29) is 11.5 Å². The van der Waals surface area contributed by atoms with Gasteiger partial charge in [-0.2, -0.15) is 0 Å². The van der Waals surface area contributed by atoms with Crippen molar-refractivity contribution in [2.24, 2.45) is 5.41 Å². The standard InChI is InChI=1S/C14H20ClNO/c1-10-4-5-11(8-12(10)15)16-7-6-14(2,3)13(17)9-16/h4-5,8,13,17H,6-7,9H2,1-3H3. The zero-order valence-electron chi connectivity index (χ0n) is 10.7. The summed E-state index contributed by atoms with van der Waals surface area (Å²) < 4.78 is 0. The number of halogens is 1. The number of hydrogen-bond acceptors (Lipinski definition) is 2. The van der Waals surface area contributed by atoms with E-state index in [2.05, 4.69) is 24.8 Å². The molecule has 1 atom stereocenters.